The second-order valence-corrected chi connectivity index (χ2v) is 9.50. The van der Waals surface area contributed by atoms with Crippen molar-refractivity contribution in [1.29, 1.82) is 0 Å². The summed E-state index contributed by atoms with van der Waals surface area (Å²) in [6.45, 7) is 8.21. The first kappa shape index (κ1) is 20.7. The summed E-state index contributed by atoms with van der Waals surface area (Å²) in [6, 6.07) is 16.0. The van der Waals surface area contributed by atoms with Gasteiger partial charge in [-0.25, -0.2) is 0 Å². The van der Waals surface area contributed by atoms with Gasteiger partial charge in [0.15, 0.2) is 5.43 Å². The Morgan fingerprint density at radius 2 is 1.90 bits per heavy atom. The standard InChI is InChI=1S/C26H31NO3/c1-26(2,3)22-17-29-23-13-12-20(15-21(23)24(22)28)30-25(18-9-6-5-7-10-18)19-11-8-14-27(4)16-19/h5-7,9-10,12-13,15,17,19,25H,8,11,14,16H2,1-4H3. The van der Waals surface area contributed by atoms with E-state index in [9.17, 15) is 4.79 Å². The summed E-state index contributed by atoms with van der Waals surface area (Å²) in [7, 11) is 2.17. The summed E-state index contributed by atoms with van der Waals surface area (Å²) in [5.74, 6) is 1.11. The minimum Gasteiger partial charge on any atom is -0.485 e. The van der Waals surface area contributed by atoms with Crippen LogP contribution < -0.4 is 10.2 Å². The zero-order valence-electron chi connectivity index (χ0n) is 18.4. The molecule has 0 spiro atoms. The molecule has 2 unspecified atom stereocenters. The van der Waals surface area contributed by atoms with Crippen LogP contribution >= 0.6 is 0 Å². The number of ether oxygens (including phenoxy) is 1. The van der Waals surface area contributed by atoms with E-state index in [4.69, 9.17) is 9.15 Å². The fourth-order valence-corrected chi connectivity index (χ4v) is 4.38. The smallest absolute Gasteiger partial charge is 0.196 e. The SMILES string of the molecule is CN1CCCC(C(Oc2ccc3occ(C(C)(C)C)c(=O)c3c2)c2ccccc2)C1. The maximum atomic E-state index is 13.1. The van der Waals surface area contributed by atoms with E-state index in [1.165, 1.54) is 12.0 Å². The van der Waals surface area contributed by atoms with Crippen LogP contribution in [-0.2, 0) is 5.41 Å². The fraction of sp³-hybridized carbons (Fsp3) is 0.423. The van der Waals surface area contributed by atoms with E-state index in [1.54, 1.807) is 6.26 Å². The van der Waals surface area contributed by atoms with Gasteiger partial charge in [0.25, 0.3) is 0 Å². The molecule has 0 saturated carbocycles. The normalized spacial score (nSPS) is 19.0. The predicted molar refractivity (Wildman–Crippen MR) is 121 cm³/mol. The van der Waals surface area contributed by atoms with Gasteiger partial charge >= 0.3 is 0 Å². The van der Waals surface area contributed by atoms with E-state index in [1.807, 2.05) is 45.0 Å². The number of rotatable bonds is 4. The Morgan fingerprint density at radius 1 is 1.13 bits per heavy atom. The first-order valence-electron chi connectivity index (χ1n) is 10.8. The van der Waals surface area contributed by atoms with Gasteiger partial charge in [0.05, 0.1) is 11.6 Å². The van der Waals surface area contributed by atoms with Crippen LogP contribution in [0.5, 0.6) is 5.75 Å². The zero-order valence-corrected chi connectivity index (χ0v) is 18.4. The molecule has 1 aliphatic heterocycles. The zero-order chi connectivity index (χ0) is 21.3. The Hall–Kier alpha value is -2.59. The number of hydrogen-bond donors (Lipinski definition) is 0. The van der Waals surface area contributed by atoms with Crippen molar-refractivity contribution in [2.45, 2.75) is 45.1 Å². The largest absolute Gasteiger partial charge is 0.485 e. The van der Waals surface area contributed by atoms with E-state index in [-0.39, 0.29) is 16.9 Å². The maximum absolute atomic E-state index is 13.1. The molecule has 0 N–H and O–H groups in total. The molecule has 1 aliphatic rings. The Balaban J connectivity index is 1.72. The lowest BCUT2D eigenvalue weighted by Crippen LogP contribution is -2.36. The van der Waals surface area contributed by atoms with Crippen molar-refractivity contribution in [3.8, 4) is 5.75 Å². The summed E-state index contributed by atoms with van der Waals surface area (Å²) >= 11 is 0. The summed E-state index contributed by atoms with van der Waals surface area (Å²) < 4.78 is 12.3. The highest BCUT2D eigenvalue weighted by Gasteiger charge is 2.29. The maximum Gasteiger partial charge on any atom is 0.196 e. The van der Waals surface area contributed by atoms with Gasteiger partial charge in [0, 0.05) is 18.0 Å². The van der Waals surface area contributed by atoms with E-state index >= 15 is 0 Å². The van der Waals surface area contributed by atoms with E-state index in [2.05, 4.69) is 36.2 Å². The average Bonchev–Trinajstić information content (AvgIpc) is 2.72. The van der Waals surface area contributed by atoms with Crippen molar-refractivity contribution >= 4 is 11.0 Å². The van der Waals surface area contributed by atoms with E-state index in [0.717, 1.165) is 19.5 Å². The number of benzene rings is 2. The molecular weight excluding hydrogens is 374 g/mol. The molecule has 4 heteroatoms. The first-order chi connectivity index (χ1) is 14.3. The van der Waals surface area contributed by atoms with Crippen LogP contribution in [0, 0.1) is 5.92 Å². The summed E-state index contributed by atoms with van der Waals surface area (Å²) in [6.07, 6.45) is 3.84. The van der Waals surface area contributed by atoms with Crippen LogP contribution in [0.25, 0.3) is 11.0 Å². The van der Waals surface area contributed by atoms with E-state index < -0.39 is 0 Å². The lowest BCUT2D eigenvalue weighted by Gasteiger charge is -2.35. The molecule has 2 atom stereocenters. The molecule has 1 aromatic heterocycles. The molecule has 0 bridgehead atoms. The van der Waals surface area contributed by atoms with Gasteiger partial charge in [0.1, 0.15) is 17.4 Å². The molecule has 0 aliphatic carbocycles. The third kappa shape index (κ3) is 4.29. The topological polar surface area (TPSA) is 42.7 Å². The molecule has 1 fully saturated rings. The molecule has 2 aromatic carbocycles. The van der Waals surface area contributed by atoms with Gasteiger partial charge in [0.2, 0.25) is 0 Å². The van der Waals surface area contributed by atoms with Gasteiger partial charge in [-0.2, -0.15) is 0 Å². The Kier molecular flexibility index (Phi) is 5.70. The van der Waals surface area contributed by atoms with Crippen LogP contribution in [0.2, 0.25) is 0 Å². The van der Waals surface area contributed by atoms with Crippen molar-refractivity contribution in [2.24, 2.45) is 5.92 Å². The monoisotopic (exact) mass is 405 g/mol. The van der Waals surface area contributed by atoms with Gasteiger partial charge in [-0.3, -0.25) is 4.79 Å². The highest BCUT2D eigenvalue weighted by molar-refractivity contribution is 5.78. The minimum absolute atomic E-state index is 0.0165. The number of likely N-dealkylation sites (tertiary alicyclic amines) is 1. The van der Waals surface area contributed by atoms with Crippen LogP contribution in [0.15, 0.2) is 64.0 Å². The molecule has 30 heavy (non-hydrogen) atoms. The lowest BCUT2D eigenvalue weighted by molar-refractivity contribution is 0.0777. The van der Waals surface area contributed by atoms with Gasteiger partial charge in [-0.1, -0.05) is 51.1 Å². The quantitative estimate of drug-likeness (QED) is 0.570. The Bertz CT molecular complexity index is 1070. The molecule has 0 radical (unpaired) electrons. The number of piperidine rings is 1. The molecule has 158 valence electrons. The molecule has 2 heterocycles. The minimum atomic E-state index is -0.273. The first-order valence-corrected chi connectivity index (χ1v) is 10.8. The summed E-state index contributed by atoms with van der Waals surface area (Å²) in [5.41, 5.74) is 2.19. The highest BCUT2D eigenvalue weighted by Crippen LogP contribution is 2.34. The van der Waals surface area contributed by atoms with Gasteiger partial charge < -0.3 is 14.1 Å². The van der Waals surface area contributed by atoms with Gasteiger partial charge in [-0.05, 0) is 55.6 Å². The number of fused-ring (bicyclic) bond motifs is 1. The molecule has 4 rings (SSSR count). The highest BCUT2D eigenvalue weighted by atomic mass is 16.5. The number of hydrogen-bond acceptors (Lipinski definition) is 4. The van der Waals surface area contributed by atoms with Crippen LogP contribution in [0.4, 0.5) is 0 Å². The molecular formula is C26H31NO3. The van der Waals surface area contributed by atoms with Crippen molar-refractivity contribution in [2.75, 3.05) is 20.1 Å². The van der Waals surface area contributed by atoms with Crippen molar-refractivity contribution in [1.82, 2.24) is 4.90 Å². The Labute approximate surface area is 178 Å². The predicted octanol–water partition coefficient (Wildman–Crippen LogP) is 5.55. The lowest BCUT2D eigenvalue weighted by atomic mass is 9.87. The summed E-state index contributed by atoms with van der Waals surface area (Å²) in [4.78, 5) is 15.5. The van der Waals surface area contributed by atoms with Crippen molar-refractivity contribution in [3.63, 3.8) is 0 Å². The third-order valence-electron chi connectivity index (χ3n) is 6.03. The third-order valence-corrected chi connectivity index (χ3v) is 6.03. The fourth-order valence-electron chi connectivity index (χ4n) is 4.38. The molecule has 4 nitrogen and oxygen atoms in total. The average molecular weight is 406 g/mol. The van der Waals surface area contributed by atoms with Crippen LogP contribution in [-0.4, -0.2) is 25.0 Å². The van der Waals surface area contributed by atoms with E-state index in [0.29, 0.717) is 28.2 Å². The molecule has 3 aromatic rings. The van der Waals surface area contributed by atoms with Crippen molar-refractivity contribution < 1.29 is 9.15 Å². The number of nitrogens with zero attached hydrogens (tertiary/aromatic N) is 1. The van der Waals surface area contributed by atoms with Gasteiger partial charge in [-0.15, -0.1) is 0 Å². The summed E-state index contributed by atoms with van der Waals surface area (Å²) in [5, 5.41) is 0.576. The molecule has 0 amide bonds. The molecule has 1 saturated heterocycles. The Morgan fingerprint density at radius 3 is 2.60 bits per heavy atom. The van der Waals surface area contributed by atoms with Crippen molar-refractivity contribution in [3.05, 3.63) is 76.1 Å². The second kappa shape index (κ2) is 8.27. The van der Waals surface area contributed by atoms with Crippen LogP contribution in [0.3, 0.4) is 0 Å². The second-order valence-electron chi connectivity index (χ2n) is 9.50. The van der Waals surface area contributed by atoms with Crippen LogP contribution in [0.1, 0.15) is 50.8 Å².